The van der Waals surface area contributed by atoms with Crippen molar-refractivity contribution in [1.82, 2.24) is 9.88 Å². The second-order valence-corrected chi connectivity index (χ2v) is 5.42. The summed E-state index contributed by atoms with van der Waals surface area (Å²) in [6.07, 6.45) is 1.46. The van der Waals surface area contributed by atoms with Crippen LogP contribution in [0.15, 0.2) is 42.6 Å². The largest absolute Gasteiger partial charge is 0.468 e. The van der Waals surface area contributed by atoms with Crippen molar-refractivity contribution >= 4 is 23.5 Å². The van der Waals surface area contributed by atoms with Gasteiger partial charge in [-0.25, -0.2) is 4.98 Å². The molecular formula is C17H17ClN2O3. The van der Waals surface area contributed by atoms with Gasteiger partial charge in [0.2, 0.25) is 0 Å². The highest BCUT2D eigenvalue weighted by Crippen LogP contribution is 2.15. The molecule has 0 fully saturated rings. The maximum absolute atomic E-state index is 12.7. The molecule has 120 valence electrons. The molecule has 23 heavy (non-hydrogen) atoms. The van der Waals surface area contributed by atoms with Gasteiger partial charge in [-0.15, -0.1) is 0 Å². The van der Waals surface area contributed by atoms with Crippen molar-refractivity contribution in [2.75, 3.05) is 13.7 Å². The van der Waals surface area contributed by atoms with Crippen molar-refractivity contribution in [3.05, 3.63) is 64.4 Å². The Morgan fingerprint density at radius 2 is 2.00 bits per heavy atom. The molecule has 0 saturated heterocycles. The van der Waals surface area contributed by atoms with Crippen molar-refractivity contribution in [1.29, 1.82) is 0 Å². The van der Waals surface area contributed by atoms with Crippen LogP contribution < -0.4 is 0 Å². The number of aryl methyl sites for hydroxylation is 1. The van der Waals surface area contributed by atoms with Gasteiger partial charge in [-0.3, -0.25) is 9.59 Å². The van der Waals surface area contributed by atoms with Gasteiger partial charge in [-0.2, -0.15) is 0 Å². The van der Waals surface area contributed by atoms with Crippen LogP contribution in [-0.2, 0) is 16.1 Å². The Labute approximate surface area is 139 Å². The van der Waals surface area contributed by atoms with Crippen LogP contribution in [-0.4, -0.2) is 35.4 Å². The van der Waals surface area contributed by atoms with Crippen LogP contribution >= 0.6 is 11.6 Å². The third-order valence-corrected chi connectivity index (χ3v) is 3.64. The minimum Gasteiger partial charge on any atom is -0.468 e. The second-order valence-electron chi connectivity index (χ2n) is 5.03. The van der Waals surface area contributed by atoms with Crippen molar-refractivity contribution in [2.24, 2.45) is 0 Å². The number of esters is 1. The molecule has 1 heterocycles. The molecule has 5 nitrogen and oxygen atoms in total. The second kappa shape index (κ2) is 7.74. The first-order valence-electron chi connectivity index (χ1n) is 7.03. The number of hydrogen-bond acceptors (Lipinski definition) is 4. The third kappa shape index (κ3) is 4.53. The molecule has 0 unspecified atom stereocenters. The molecule has 0 aliphatic carbocycles. The predicted molar refractivity (Wildman–Crippen MR) is 87.2 cm³/mol. The predicted octanol–water partition coefficient (Wildman–Crippen LogP) is 2.86. The maximum Gasteiger partial charge on any atom is 0.325 e. The highest BCUT2D eigenvalue weighted by molar-refractivity contribution is 6.29. The zero-order valence-corrected chi connectivity index (χ0v) is 13.7. The third-order valence-electron chi connectivity index (χ3n) is 3.43. The molecule has 1 amide bonds. The van der Waals surface area contributed by atoms with E-state index < -0.39 is 5.97 Å². The van der Waals surface area contributed by atoms with Gasteiger partial charge in [0.25, 0.3) is 5.91 Å². The fourth-order valence-corrected chi connectivity index (χ4v) is 2.30. The summed E-state index contributed by atoms with van der Waals surface area (Å²) in [6.45, 7) is 2.13. The van der Waals surface area contributed by atoms with E-state index in [1.165, 1.54) is 24.3 Å². The van der Waals surface area contributed by atoms with E-state index in [1.54, 1.807) is 6.07 Å². The molecule has 0 spiro atoms. The number of carbonyl (C=O) groups excluding carboxylic acids is 2. The number of methoxy groups -OCH3 is 1. The number of pyridine rings is 1. The van der Waals surface area contributed by atoms with Gasteiger partial charge in [0.05, 0.1) is 7.11 Å². The lowest BCUT2D eigenvalue weighted by Crippen LogP contribution is -2.36. The number of halogens is 1. The Balaban J connectivity index is 2.28. The van der Waals surface area contributed by atoms with E-state index in [-0.39, 0.29) is 17.6 Å². The molecule has 0 aliphatic rings. The normalized spacial score (nSPS) is 10.2. The van der Waals surface area contributed by atoms with E-state index in [0.717, 1.165) is 11.1 Å². The standard InChI is InChI=1S/C17H17ClN2O3/c1-12-5-3-4-6-14(12)10-20(11-16(21)23-2)17(22)13-7-8-19-15(18)9-13/h3-9H,10-11H2,1-2H3. The number of carbonyl (C=O) groups is 2. The average molecular weight is 333 g/mol. The fourth-order valence-electron chi connectivity index (χ4n) is 2.13. The molecule has 0 atom stereocenters. The lowest BCUT2D eigenvalue weighted by atomic mass is 10.1. The molecule has 2 aromatic rings. The number of aromatic nitrogens is 1. The first-order valence-corrected chi connectivity index (χ1v) is 7.41. The van der Waals surface area contributed by atoms with E-state index in [2.05, 4.69) is 9.72 Å². The average Bonchev–Trinajstić information content (AvgIpc) is 2.55. The van der Waals surface area contributed by atoms with E-state index in [4.69, 9.17) is 11.6 Å². The summed E-state index contributed by atoms with van der Waals surface area (Å²) in [6, 6.07) is 10.7. The van der Waals surface area contributed by atoms with Crippen LogP contribution in [0.25, 0.3) is 0 Å². The summed E-state index contributed by atoms with van der Waals surface area (Å²) >= 11 is 5.84. The van der Waals surface area contributed by atoms with Crippen LogP contribution in [0.5, 0.6) is 0 Å². The maximum atomic E-state index is 12.7. The first kappa shape index (κ1) is 17.0. The van der Waals surface area contributed by atoms with E-state index >= 15 is 0 Å². The zero-order valence-electron chi connectivity index (χ0n) is 13.0. The Hall–Kier alpha value is -2.40. The number of benzene rings is 1. The van der Waals surface area contributed by atoms with E-state index in [1.807, 2.05) is 31.2 Å². The van der Waals surface area contributed by atoms with Crippen molar-refractivity contribution in [2.45, 2.75) is 13.5 Å². The van der Waals surface area contributed by atoms with Gasteiger partial charge in [0, 0.05) is 18.3 Å². The smallest absolute Gasteiger partial charge is 0.325 e. The number of rotatable bonds is 5. The molecular weight excluding hydrogens is 316 g/mol. The van der Waals surface area contributed by atoms with Crippen LogP contribution in [0.4, 0.5) is 0 Å². The van der Waals surface area contributed by atoms with Gasteiger partial charge in [0.1, 0.15) is 11.7 Å². The molecule has 0 radical (unpaired) electrons. The van der Waals surface area contributed by atoms with Gasteiger partial charge in [0.15, 0.2) is 0 Å². The monoisotopic (exact) mass is 332 g/mol. The van der Waals surface area contributed by atoms with Gasteiger partial charge >= 0.3 is 5.97 Å². The summed E-state index contributed by atoms with van der Waals surface area (Å²) < 4.78 is 4.69. The Bertz CT molecular complexity index is 718. The van der Waals surface area contributed by atoms with Crippen LogP contribution in [0.3, 0.4) is 0 Å². The minimum absolute atomic E-state index is 0.135. The van der Waals surface area contributed by atoms with Crippen molar-refractivity contribution in [3.63, 3.8) is 0 Å². The molecule has 0 aliphatic heterocycles. The Kier molecular flexibility index (Phi) is 5.71. The van der Waals surface area contributed by atoms with Crippen LogP contribution in [0, 0.1) is 6.92 Å². The quantitative estimate of drug-likeness (QED) is 0.624. The summed E-state index contributed by atoms with van der Waals surface area (Å²) in [5.41, 5.74) is 2.38. The van der Waals surface area contributed by atoms with Gasteiger partial charge < -0.3 is 9.64 Å². The lowest BCUT2D eigenvalue weighted by molar-refractivity contribution is -0.141. The summed E-state index contributed by atoms with van der Waals surface area (Å²) in [4.78, 5) is 29.6. The van der Waals surface area contributed by atoms with Gasteiger partial charge in [-0.05, 0) is 30.2 Å². The van der Waals surface area contributed by atoms with Gasteiger partial charge in [-0.1, -0.05) is 35.9 Å². The van der Waals surface area contributed by atoms with E-state index in [9.17, 15) is 9.59 Å². The lowest BCUT2D eigenvalue weighted by Gasteiger charge is -2.22. The molecule has 1 aromatic heterocycles. The van der Waals surface area contributed by atoms with Crippen LogP contribution in [0.1, 0.15) is 21.5 Å². The fraction of sp³-hybridized carbons (Fsp3) is 0.235. The SMILES string of the molecule is COC(=O)CN(Cc1ccccc1C)C(=O)c1ccnc(Cl)c1. The number of ether oxygens (including phenoxy) is 1. The van der Waals surface area contributed by atoms with Crippen molar-refractivity contribution < 1.29 is 14.3 Å². The molecule has 0 N–H and O–H groups in total. The van der Waals surface area contributed by atoms with Crippen molar-refractivity contribution in [3.8, 4) is 0 Å². The molecule has 1 aromatic carbocycles. The molecule has 2 rings (SSSR count). The molecule has 6 heteroatoms. The summed E-state index contributed by atoms with van der Waals surface area (Å²) in [5, 5.41) is 0.227. The minimum atomic E-state index is -0.480. The molecule has 0 saturated carbocycles. The highest BCUT2D eigenvalue weighted by atomic mass is 35.5. The molecule has 0 bridgehead atoms. The Morgan fingerprint density at radius 3 is 2.65 bits per heavy atom. The van der Waals surface area contributed by atoms with E-state index in [0.29, 0.717) is 12.1 Å². The number of amides is 1. The summed E-state index contributed by atoms with van der Waals surface area (Å²) in [5.74, 6) is -0.782. The topological polar surface area (TPSA) is 59.5 Å². The number of hydrogen-bond donors (Lipinski definition) is 0. The number of nitrogens with zero attached hydrogens (tertiary/aromatic N) is 2. The zero-order chi connectivity index (χ0) is 16.8. The first-order chi connectivity index (χ1) is 11.0. The Morgan fingerprint density at radius 1 is 1.26 bits per heavy atom. The van der Waals surface area contributed by atoms with Crippen LogP contribution in [0.2, 0.25) is 5.15 Å². The highest BCUT2D eigenvalue weighted by Gasteiger charge is 2.20. The summed E-state index contributed by atoms with van der Waals surface area (Å²) in [7, 11) is 1.29.